The van der Waals surface area contributed by atoms with Gasteiger partial charge in [0.1, 0.15) is 11.4 Å². The van der Waals surface area contributed by atoms with Gasteiger partial charge in [-0.05, 0) is 49.9 Å². The molecule has 2 heteroatoms. The van der Waals surface area contributed by atoms with Crippen LogP contribution in [0.5, 0.6) is 5.75 Å². The molecule has 1 aromatic rings. The number of benzene rings is 1. The Hall–Kier alpha value is -1.02. The molecule has 1 N–H and O–H groups in total. The molecule has 19 heavy (non-hydrogen) atoms. The summed E-state index contributed by atoms with van der Waals surface area (Å²) in [4.78, 5) is 0. The quantitative estimate of drug-likeness (QED) is 0.793. The minimum atomic E-state index is -0.145. The Morgan fingerprint density at radius 1 is 1.26 bits per heavy atom. The van der Waals surface area contributed by atoms with Crippen molar-refractivity contribution < 1.29 is 4.74 Å². The van der Waals surface area contributed by atoms with E-state index in [2.05, 4.69) is 65.1 Å². The summed E-state index contributed by atoms with van der Waals surface area (Å²) in [6.07, 6.45) is 0.992. The molecule has 1 rings (SSSR count). The first-order chi connectivity index (χ1) is 8.91. The van der Waals surface area contributed by atoms with Gasteiger partial charge in [-0.25, -0.2) is 0 Å². The maximum atomic E-state index is 6.36. The van der Waals surface area contributed by atoms with Gasteiger partial charge in [-0.15, -0.1) is 0 Å². The smallest absolute Gasteiger partial charge is 0.123 e. The van der Waals surface area contributed by atoms with Crippen molar-refractivity contribution in [3.63, 3.8) is 0 Å². The van der Waals surface area contributed by atoms with Gasteiger partial charge in [-0.2, -0.15) is 0 Å². The Bertz CT molecular complexity index is 400. The van der Waals surface area contributed by atoms with Crippen molar-refractivity contribution in [2.45, 2.75) is 59.5 Å². The lowest BCUT2D eigenvalue weighted by atomic mass is 9.98. The molecule has 1 aromatic carbocycles. The van der Waals surface area contributed by atoms with Gasteiger partial charge in [-0.3, -0.25) is 0 Å². The van der Waals surface area contributed by atoms with Crippen LogP contribution in [0.25, 0.3) is 0 Å². The van der Waals surface area contributed by atoms with Crippen LogP contribution in [0.4, 0.5) is 0 Å². The standard InChI is InChI=1S/C17H29NO/c1-7-17(6,12-18-8-2)19-16-11-14(5)9-10-15(16)13(3)4/h9-11,13,18H,7-8,12H2,1-6H3. The van der Waals surface area contributed by atoms with Gasteiger partial charge in [0, 0.05) is 6.54 Å². The number of aryl methyl sites for hydroxylation is 1. The molecular formula is C17H29NO. The highest BCUT2D eigenvalue weighted by atomic mass is 16.5. The van der Waals surface area contributed by atoms with Crippen molar-refractivity contribution in [3.05, 3.63) is 29.3 Å². The molecule has 0 aromatic heterocycles. The highest BCUT2D eigenvalue weighted by Gasteiger charge is 2.25. The maximum absolute atomic E-state index is 6.36. The first kappa shape index (κ1) is 16.0. The lowest BCUT2D eigenvalue weighted by Gasteiger charge is -2.31. The number of rotatable bonds is 7. The molecule has 0 aliphatic rings. The molecule has 0 heterocycles. The number of likely N-dealkylation sites (N-methyl/N-ethyl adjacent to an activating group) is 1. The zero-order valence-electron chi connectivity index (χ0n) is 13.3. The lowest BCUT2D eigenvalue weighted by molar-refractivity contribution is 0.0826. The van der Waals surface area contributed by atoms with Crippen molar-refractivity contribution in [1.29, 1.82) is 0 Å². The van der Waals surface area contributed by atoms with Gasteiger partial charge in [0.2, 0.25) is 0 Å². The molecular weight excluding hydrogens is 234 g/mol. The Labute approximate surface area is 118 Å². The monoisotopic (exact) mass is 263 g/mol. The van der Waals surface area contributed by atoms with Crippen LogP contribution < -0.4 is 10.1 Å². The minimum absolute atomic E-state index is 0.145. The van der Waals surface area contributed by atoms with Gasteiger partial charge < -0.3 is 10.1 Å². The van der Waals surface area contributed by atoms with Crippen LogP contribution in [0.15, 0.2) is 18.2 Å². The molecule has 0 radical (unpaired) electrons. The van der Waals surface area contributed by atoms with Crippen molar-refractivity contribution in [2.24, 2.45) is 0 Å². The van der Waals surface area contributed by atoms with Gasteiger partial charge in [0.05, 0.1) is 0 Å². The normalized spacial score (nSPS) is 14.5. The van der Waals surface area contributed by atoms with E-state index in [1.54, 1.807) is 0 Å². The molecule has 0 saturated carbocycles. The van der Waals surface area contributed by atoms with Crippen LogP contribution in [0.2, 0.25) is 0 Å². The van der Waals surface area contributed by atoms with Crippen LogP contribution in [-0.2, 0) is 0 Å². The van der Waals surface area contributed by atoms with Crippen LogP contribution in [0.3, 0.4) is 0 Å². The topological polar surface area (TPSA) is 21.3 Å². The largest absolute Gasteiger partial charge is 0.486 e. The molecule has 2 nitrogen and oxygen atoms in total. The van der Waals surface area contributed by atoms with E-state index in [1.165, 1.54) is 11.1 Å². The molecule has 1 unspecified atom stereocenters. The average Bonchev–Trinajstić information content (AvgIpc) is 2.36. The molecule has 1 atom stereocenters. The van der Waals surface area contributed by atoms with Gasteiger partial charge in [0.15, 0.2) is 0 Å². The molecule has 108 valence electrons. The van der Waals surface area contributed by atoms with E-state index in [0.717, 1.165) is 25.3 Å². The molecule has 0 aliphatic carbocycles. The first-order valence-electron chi connectivity index (χ1n) is 7.42. The summed E-state index contributed by atoms with van der Waals surface area (Å²) in [5.74, 6) is 1.52. The predicted octanol–water partition coefficient (Wildman–Crippen LogP) is 4.28. The fourth-order valence-corrected chi connectivity index (χ4v) is 2.10. The Balaban J connectivity index is 2.98. The zero-order valence-corrected chi connectivity index (χ0v) is 13.3. The van der Waals surface area contributed by atoms with E-state index in [4.69, 9.17) is 4.74 Å². The van der Waals surface area contributed by atoms with Gasteiger partial charge in [-0.1, -0.05) is 39.8 Å². The van der Waals surface area contributed by atoms with Crippen LogP contribution >= 0.6 is 0 Å². The van der Waals surface area contributed by atoms with Crippen LogP contribution in [-0.4, -0.2) is 18.7 Å². The molecule has 0 fully saturated rings. The van der Waals surface area contributed by atoms with Crippen molar-refractivity contribution in [1.82, 2.24) is 5.32 Å². The van der Waals surface area contributed by atoms with E-state index in [9.17, 15) is 0 Å². The maximum Gasteiger partial charge on any atom is 0.123 e. The zero-order chi connectivity index (χ0) is 14.5. The van der Waals surface area contributed by atoms with E-state index in [1.807, 2.05) is 0 Å². The molecule has 0 bridgehead atoms. The minimum Gasteiger partial charge on any atom is -0.486 e. The second-order valence-electron chi connectivity index (χ2n) is 5.88. The second-order valence-corrected chi connectivity index (χ2v) is 5.88. The van der Waals surface area contributed by atoms with Crippen LogP contribution in [0.1, 0.15) is 58.1 Å². The fourth-order valence-electron chi connectivity index (χ4n) is 2.10. The number of ether oxygens (including phenoxy) is 1. The summed E-state index contributed by atoms with van der Waals surface area (Å²) in [5, 5.41) is 3.40. The predicted molar refractivity (Wildman–Crippen MR) is 83.1 cm³/mol. The summed E-state index contributed by atoms with van der Waals surface area (Å²) in [5.41, 5.74) is 2.40. The van der Waals surface area contributed by atoms with Gasteiger partial charge in [0.25, 0.3) is 0 Å². The van der Waals surface area contributed by atoms with E-state index in [0.29, 0.717) is 5.92 Å². The molecule has 0 saturated heterocycles. The van der Waals surface area contributed by atoms with Crippen molar-refractivity contribution in [2.75, 3.05) is 13.1 Å². The number of nitrogens with one attached hydrogen (secondary N) is 1. The van der Waals surface area contributed by atoms with Crippen LogP contribution in [0, 0.1) is 6.92 Å². The van der Waals surface area contributed by atoms with Crippen molar-refractivity contribution >= 4 is 0 Å². The Morgan fingerprint density at radius 3 is 2.47 bits per heavy atom. The third-order valence-corrected chi connectivity index (χ3v) is 3.64. The third-order valence-electron chi connectivity index (χ3n) is 3.64. The molecule has 0 amide bonds. The number of hydrogen-bond acceptors (Lipinski definition) is 2. The Kier molecular flexibility index (Phi) is 5.86. The van der Waals surface area contributed by atoms with E-state index >= 15 is 0 Å². The summed E-state index contributed by atoms with van der Waals surface area (Å²) in [6, 6.07) is 6.52. The fraction of sp³-hybridized carbons (Fsp3) is 0.647. The average molecular weight is 263 g/mol. The van der Waals surface area contributed by atoms with Crippen molar-refractivity contribution in [3.8, 4) is 5.75 Å². The highest BCUT2D eigenvalue weighted by Crippen LogP contribution is 2.31. The first-order valence-corrected chi connectivity index (χ1v) is 7.42. The SMILES string of the molecule is CCNCC(C)(CC)Oc1cc(C)ccc1C(C)C. The summed E-state index contributed by atoms with van der Waals surface area (Å²) < 4.78 is 6.36. The lowest BCUT2D eigenvalue weighted by Crippen LogP contribution is -2.42. The molecule has 0 spiro atoms. The summed E-state index contributed by atoms with van der Waals surface area (Å²) in [7, 11) is 0. The van der Waals surface area contributed by atoms with E-state index in [-0.39, 0.29) is 5.60 Å². The summed E-state index contributed by atoms with van der Waals surface area (Å²) >= 11 is 0. The second kappa shape index (κ2) is 6.95. The van der Waals surface area contributed by atoms with Gasteiger partial charge >= 0.3 is 0 Å². The summed E-state index contributed by atoms with van der Waals surface area (Å²) in [6.45, 7) is 14.9. The molecule has 0 aliphatic heterocycles. The number of hydrogen-bond donors (Lipinski definition) is 1. The third kappa shape index (κ3) is 4.54. The van der Waals surface area contributed by atoms with E-state index < -0.39 is 0 Å². The Morgan fingerprint density at radius 2 is 1.95 bits per heavy atom. The highest BCUT2D eigenvalue weighted by molar-refractivity contribution is 5.39.